The van der Waals surface area contributed by atoms with Crippen LogP contribution < -0.4 is 10.2 Å². The van der Waals surface area contributed by atoms with Crippen LogP contribution in [0.3, 0.4) is 0 Å². The predicted octanol–water partition coefficient (Wildman–Crippen LogP) is 3.09. The summed E-state index contributed by atoms with van der Waals surface area (Å²) < 4.78 is 1.14. The highest BCUT2D eigenvalue weighted by Crippen LogP contribution is 2.31. The van der Waals surface area contributed by atoms with Crippen LogP contribution in [0, 0.1) is 0 Å². The number of hydrogen-bond acceptors (Lipinski definition) is 2. The fourth-order valence-corrected chi connectivity index (χ4v) is 2.23. The van der Waals surface area contributed by atoms with Gasteiger partial charge in [-0.1, -0.05) is 22.9 Å². The number of halogens is 1. The van der Waals surface area contributed by atoms with E-state index >= 15 is 0 Å². The summed E-state index contributed by atoms with van der Waals surface area (Å²) in [5, 5.41) is 3.42. The Labute approximate surface area is 93.4 Å². The SMILES string of the molecule is CCCN1CCNc2cc(Br)ccc21. The first-order valence-corrected chi connectivity index (χ1v) is 5.89. The molecule has 0 amide bonds. The van der Waals surface area contributed by atoms with Gasteiger partial charge in [0.2, 0.25) is 0 Å². The molecule has 2 nitrogen and oxygen atoms in total. The molecule has 1 aliphatic heterocycles. The average Bonchev–Trinajstić information content (AvgIpc) is 2.18. The Morgan fingerprint density at radius 1 is 1.50 bits per heavy atom. The second-order valence-corrected chi connectivity index (χ2v) is 4.49. The van der Waals surface area contributed by atoms with Gasteiger partial charge < -0.3 is 10.2 Å². The van der Waals surface area contributed by atoms with Crippen molar-refractivity contribution in [3.05, 3.63) is 22.7 Å². The highest BCUT2D eigenvalue weighted by Gasteiger charge is 2.14. The second-order valence-electron chi connectivity index (χ2n) is 3.58. The molecule has 0 bridgehead atoms. The van der Waals surface area contributed by atoms with Crippen molar-refractivity contribution in [3.63, 3.8) is 0 Å². The van der Waals surface area contributed by atoms with E-state index in [0.29, 0.717) is 0 Å². The maximum atomic E-state index is 3.49. The molecule has 1 N–H and O–H groups in total. The van der Waals surface area contributed by atoms with Crippen LogP contribution in [0.2, 0.25) is 0 Å². The number of nitrogens with one attached hydrogen (secondary N) is 1. The lowest BCUT2D eigenvalue weighted by atomic mass is 10.2. The molecule has 0 fully saturated rings. The summed E-state index contributed by atoms with van der Waals surface area (Å²) in [5.41, 5.74) is 2.58. The Kier molecular flexibility index (Phi) is 2.96. The molecule has 2 rings (SSSR count). The van der Waals surface area contributed by atoms with E-state index in [1.165, 1.54) is 17.8 Å². The summed E-state index contributed by atoms with van der Waals surface area (Å²) >= 11 is 3.49. The molecule has 0 aromatic heterocycles. The van der Waals surface area contributed by atoms with Crippen LogP contribution in [0.25, 0.3) is 0 Å². The summed E-state index contributed by atoms with van der Waals surface area (Å²) in [6.45, 7) is 5.53. The third-order valence-corrected chi connectivity index (χ3v) is 2.98. The molecule has 14 heavy (non-hydrogen) atoms. The van der Waals surface area contributed by atoms with Crippen LogP contribution in [-0.2, 0) is 0 Å². The van der Waals surface area contributed by atoms with Crippen LogP contribution in [0.5, 0.6) is 0 Å². The zero-order valence-corrected chi connectivity index (χ0v) is 9.97. The molecule has 1 aromatic rings. The zero-order chi connectivity index (χ0) is 9.97. The van der Waals surface area contributed by atoms with Crippen molar-refractivity contribution in [2.24, 2.45) is 0 Å². The van der Waals surface area contributed by atoms with Gasteiger partial charge in [0.25, 0.3) is 0 Å². The Balaban J connectivity index is 2.30. The number of hydrogen-bond donors (Lipinski definition) is 1. The van der Waals surface area contributed by atoms with E-state index in [9.17, 15) is 0 Å². The van der Waals surface area contributed by atoms with Crippen molar-refractivity contribution < 1.29 is 0 Å². The first-order chi connectivity index (χ1) is 6.81. The third-order valence-electron chi connectivity index (χ3n) is 2.49. The molecular formula is C11H15BrN2. The minimum atomic E-state index is 1.05. The van der Waals surface area contributed by atoms with Gasteiger partial charge in [0, 0.05) is 24.1 Å². The Morgan fingerprint density at radius 3 is 3.14 bits per heavy atom. The number of nitrogens with zero attached hydrogens (tertiary/aromatic N) is 1. The Hall–Kier alpha value is -0.700. The molecule has 3 heteroatoms. The quantitative estimate of drug-likeness (QED) is 0.873. The normalized spacial score (nSPS) is 14.9. The highest BCUT2D eigenvalue weighted by molar-refractivity contribution is 9.10. The van der Waals surface area contributed by atoms with Crippen LogP contribution in [0.15, 0.2) is 22.7 Å². The molecule has 1 aromatic carbocycles. The first-order valence-electron chi connectivity index (χ1n) is 5.09. The fraction of sp³-hybridized carbons (Fsp3) is 0.455. The Morgan fingerprint density at radius 2 is 2.36 bits per heavy atom. The number of benzene rings is 1. The van der Waals surface area contributed by atoms with Crippen LogP contribution in [0.4, 0.5) is 11.4 Å². The van der Waals surface area contributed by atoms with Gasteiger partial charge in [0.15, 0.2) is 0 Å². The van der Waals surface area contributed by atoms with Crippen LogP contribution >= 0.6 is 15.9 Å². The third kappa shape index (κ3) is 1.87. The minimum Gasteiger partial charge on any atom is -0.382 e. The molecule has 0 spiro atoms. The summed E-state index contributed by atoms with van der Waals surface area (Å²) in [6, 6.07) is 6.44. The van der Waals surface area contributed by atoms with E-state index in [1.54, 1.807) is 0 Å². The standard InChI is InChI=1S/C11H15BrN2/c1-2-6-14-7-5-13-10-8-9(12)3-4-11(10)14/h3-4,8,13H,2,5-7H2,1H3. The van der Waals surface area contributed by atoms with E-state index in [2.05, 4.69) is 51.3 Å². The number of rotatable bonds is 2. The van der Waals surface area contributed by atoms with Gasteiger partial charge >= 0.3 is 0 Å². The van der Waals surface area contributed by atoms with E-state index in [-0.39, 0.29) is 0 Å². The van der Waals surface area contributed by atoms with E-state index in [1.807, 2.05) is 0 Å². The van der Waals surface area contributed by atoms with Gasteiger partial charge in [-0.2, -0.15) is 0 Å². The summed E-state index contributed by atoms with van der Waals surface area (Å²) in [4.78, 5) is 2.44. The molecule has 0 aliphatic carbocycles. The zero-order valence-electron chi connectivity index (χ0n) is 8.39. The van der Waals surface area contributed by atoms with Crippen molar-refractivity contribution in [2.45, 2.75) is 13.3 Å². The van der Waals surface area contributed by atoms with Gasteiger partial charge in [0.05, 0.1) is 11.4 Å². The molecule has 76 valence electrons. The lowest BCUT2D eigenvalue weighted by Gasteiger charge is -2.31. The maximum absolute atomic E-state index is 3.49. The molecule has 1 aliphatic rings. The molecular weight excluding hydrogens is 240 g/mol. The van der Waals surface area contributed by atoms with Crippen LogP contribution in [-0.4, -0.2) is 19.6 Å². The van der Waals surface area contributed by atoms with Crippen molar-refractivity contribution in [1.82, 2.24) is 0 Å². The second kappa shape index (κ2) is 4.22. The van der Waals surface area contributed by atoms with E-state index in [4.69, 9.17) is 0 Å². The smallest absolute Gasteiger partial charge is 0.0603 e. The molecule has 0 atom stereocenters. The topological polar surface area (TPSA) is 15.3 Å². The largest absolute Gasteiger partial charge is 0.382 e. The molecule has 0 saturated heterocycles. The van der Waals surface area contributed by atoms with Crippen LogP contribution in [0.1, 0.15) is 13.3 Å². The van der Waals surface area contributed by atoms with Crippen molar-refractivity contribution in [3.8, 4) is 0 Å². The summed E-state index contributed by atoms with van der Waals surface area (Å²) in [7, 11) is 0. The van der Waals surface area contributed by atoms with E-state index in [0.717, 1.165) is 24.1 Å². The summed E-state index contributed by atoms with van der Waals surface area (Å²) in [6.07, 6.45) is 1.20. The van der Waals surface area contributed by atoms with Gasteiger partial charge in [-0.3, -0.25) is 0 Å². The maximum Gasteiger partial charge on any atom is 0.0603 e. The minimum absolute atomic E-state index is 1.05. The highest BCUT2D eigenvalue weighted by atomic mass is 79.9. The van der Waals surface area contributed by atoms with Gasteiger partial charge in [-0.15, -0.1) is 0 Å². The fourth-order valence-electron chi connectivity index (χ4n) is 1.87. The molecule has 0 radical (unpaired) electrons. The number of fused-ring (bicyclic) bond motifs is 1. The van der Waals surface area contributed by atoms with Gasteiger partial charge in [-0.25, -0.2) is 0 Å². The molecule has 0 saturated carbocycles. The summed E-state index contributed by atoms with van der Waals surface area (Å²) in [5.74, 6) is 0. The average molecular weight is 255 g/mol. The van der Waals surface area contributed by atoms with E-state index < -0.39 is 0 Å². The Bertz CT molecular complexity index is 325. The molecule has 0 unspecified atom stereocenters. The number of anilines is 2. The first kappa shape index (κ1) is 9.84. The lowest BCUT2D eigenvalue weighted by molar-refractivity contribution is 0.760. The van der Waals surface area contributed by atoms with Gasteiger partial charge in [-0.05, 0) is 24.6 Å². The molecule has 1 heterocycles. The van der Waals surface area contributed by atoms with Gasteiger partial charge in [0.1, 0.15) is 0 Å². The van der Waals surface area contributed by atoms with Crippen molar-refractivity contribution >= 4 is 27.3 Å². The van der Waals surface area contributed by atoms with Crippen molar-refractivity contribution in [2.75, 3.05) is 29.9 Å². The van der Waals surface area contributed by atoms with Crippen molar-refractivity contribution in [1.29, 1.82) is 0 Å². The lowest BCUT2D eigenvalue weighted by Crippen LogP contribution is -2.34. The monoisotopic (exact) mass is 254 g/mol. The predicted molar refractivity (Wildman–Crippen MR) is 65.1 cm³/mol.